The molecule has 1 aromatic heterocycles. The zero-order valence-corrected chi connectivity index (χ0v) is 10.5. The lowest BCUT2D eigenvalue weighted by Crippen LogP contribution is -2.00. The number of aliphatic hydroxyl groups excluding tert-OH is 1. The molecule has 78 valence electrons. The molecule has 1 nitrogen and oxygen atoms in total. The van der Waals surface area contributed by atoms with E-state index in [0.717, 1.165) is 15.6 Å². The average molecular weight is 283 g/mol. The summed E-state index contributed by atoms with van der Waals surface area (Å²) in [6, 6.07) is 9.95. The predicted molar refractivity (Wildman–Crippen MR) is 67.1 cm³/mol. The molecule has 1 N–H and O–H groups in total. The summed E-state index contributed by atoms with van der Waals surface area (Å²) in [5.74, 6) is 0. The second kappa shape index (κ2) is 4.92. The van der Waals surface area contributed by atoms with Gasteiger partial charge >= 0.3 is 0 Å². The van der Waals surface area contributed by atoms with Crippen molar-refractivity contribution in [2.45, 2.75) is 12.5 Å². The van der Waals surface area contributed by atoms with E-state index in [9.17, 15) is 5.11 Å². The number of thiophene rings is 1. The normalized spacial score (nSPS) is 12.7. The molecule has 0 spiro atoms. The van der Waals surface area contributed by atoms with E-state index in [-0.39, 0.29) is 0 Å². The Morgan fingerprint density at radius 2 is 2.07 bits per heavy atom. The van der Waals surface area contributed by atoms with Crippen LogP contribution in [0.2, 0.25) is 0 Å². The number of hydrogen-bond acceptors (Lipinski definition) is 2. The fourth-order valence-corrected chi connectivity index (χ4v) is 2.61. The van der Waals surface area contributed by atoms with Crippen molar-refractivity contribution in [3.05, 3.63) is 56.7 Å². The standard InChI is InChI=1S/C12H11BrOS/c13-11-4-2-1-3-9(11)7-12(14)10-5-6-15-8-10/h1-6,8,12,14H,7H2. The first-order valence-corrected chi connectivity index (χ1v) is 6.44. The summed E-state index contributed by atoms with van der Waals surface area (Å²) in [6.45, 7) is 0. The summed E-state index contributed by atoms with van der Waals surface area (Å²) in [4.78, 5) is 0. The summed E-state index contributed by atoms with van der Waals surface area (Å²) >= 11 is 5.09. The summed E-state index contributed by atoms with van der Waals surface area (Å²) in [6.07, 6.45) is 0.243. The fraction of sp³-hybridized carbons (Fsp3) is 0.167. The molecule has 0 fully saturated rings. The minimum absolute atomic E-state index is 0.407. The second-order valence-electron chi connectivity index (χ2n) is 3.37. The molecule has 2 aromatic rings. The lowest BCUT2D eigenvalue weighted by atomic mass is 10.0. The Bertz CT molecular complexity index is 425. The smallest absolute Gasteiger partial charge is 0.0838 e. The van der Waals surface area contributed by atoms with Gasteiger partial charge in [-0.15, -0.1) is 0 Å². The van der Waals surface area contributed by atoms with Crippen LogP contribution < -0.4 is 0 Å². The molecule has 3 heteroatoms. The number of halogens is 1. The molecule has 2 rings (SSSR count). The minimum atomic E-state index is -0.407. The van der Waals surface area contributed by atoms with Crippen LogP contribution in [-0.4, -0.2) is 5.11 Å². The van der Waals surface area contributed by atoms with Gasteiger partial charge in [0.25, 0.3) is 0 Å². The first-order chi connectivity index (χ1) is 7.27. The van der Waals surface area contributed by atoms with Gasteiger partial charge in [0.2, 0.25) is 0 Å². The van der Waals surface area contributed by atoms with Gasteiger partial charge in [0.15, 0.2) is 0 Å². The van der Waals surface area contributed by atoms with E-state index >= 15 is 0 Å². The van der Waals surface area contributed by atoms with Crippen molar-refractivity contribution >= 4 is 27.3 Å². The molecular weight excluding hydrogens is 272 g/mol. The maximum Gasteiger partial charge on any atom is 0.0838 e. The quantitative estimate of drug-likeness (QED) is 0.908. The van der Waals surface area contributed by atoms with Gasteiger partial charge in [0.1, 0.15) is 0 Å². The highest BCUT2D eigenvalue weighted by Crippen LogP contribution is 2.24. The van der Waals surface area contributed by atoms with Crippen molar-refractivity contribution in [2.24, 2.45) is 0 Å². The van der Waals surface area contributed by atoms with Crippen molar-refractivity contribution in [2.75, 3.05) is 0 Å². The van der Waals surface area contributed by atoms with Crippen LogP contribution in [0.4, 0.5) is 0 Å². The SMILES string of the molecule is OC(Cc1ccccc1Br)c1ccsc1. The molecule has 1 unspecified atom stereocenters. The van der Waals surface area contributed by atoms with Crippen LogP contribution in [-0.2, 0) is 6.42 Å². The molecule has 1 heterocycles. The van der Waals surface area contributed by atoms with Gasteiger partial charge in [-0.05, 0) is 34.0 Å². The average Bonchev–Trinajstić information content (AvgIpc) is 2.74. The third-order valence-electron chi connectivity index (χ3n) is 2.30. The summed E-state index contributed by atoms with van der Waals surface area (Å²) in [5.41, 5.74) is 2.13. The summed E-state index contributed by atoms with van der Waals surface area (Å²) in [7, 11) is 0. The van der Waals surface area contributed by atoms with Crippen LogP contribution in [0.1, 0.15) is 17.2 Å². The lowest BCUT2D eigenvalue weighted by Gasteiger charge is -2.10. The molecule has 0 aliphatic carbocycles. The Hall–Kier alpha value is -0.640. The van der Waals surface area contributed by atoms with Crippen LogP contribution >= 0.6 is 27.3 Å². The maximum absolute atomic E-state index is 9.97. The van der Waals surface area contributed by atoms with Crippen molar-refractivity contribution in [1.82, 2.24) is 0 Å². The highest BCUT2D eigenvalue weighted by Gasteiger charge is 2.10. The molecule has 0 radical (unpaired) electrons. The Labute approximate surface area is 102 Å². The Balaban J connectivity index is 2.13. The Morgan fingerprint density at radius 1 is 1.27 bits per heavy atom. The largest absolute Gasteiger partial charge is 0.388 e. The molecule has 0 aliphatic rings. The van der Waals surface area contributed by atoms with Gasteiger partial charge in [-0.1, -0.05) is 34.1 Å². The Morgan fingerprint density at radius 3 is 2.73 bits per heavy atom. The van der Waals surface area contributed by atoms with E-state index in [1.807, 2.05) is 41.1 Å². The van der Waals surface area contributed by atoms with Gasteiger partial charge in [-0.2, -0.15) is 11.3 Å². The van der Waals surface area contributed by atoms with Crippen molar-refractivity contribution in [1.29, 1.82) is 0 Å². The first kappa shape index (κ1) is 10.9. The van der Waals surface area contributed by atoms with Crippen LogP contribution in [0.5, 0.6) is 0 Å². The van der Waals surface area contributed by atoms with Gasteiger partial charge in [-0.25, -0.2) is 0 Å². The minimum Gasteiger partial charge on any atom is -0.388 e. The third kappa shape index (κ3) is 2.68. The van der Waals surface area contributed by atoms with E-state index in [1.54, 1.807) is 11.3 Å². The zero-order valence-electron chi connectivity index (χ0n) is 8.06. The molecule has 0 bridgehead atoms. The lowest BCUT2D eigenvalue weighted by molar-refractivity contribution is 0.179. The first-order valence-electron chi connectivity index (χ1n) is 4.71. The van der Waals surface area contributed by atoms with Crippen molar-refractivity contribution in [3.63, 3.8) is 0 Å². The van der Waals surface area contributed by atoms with E-state index in [4.69, 9.17) is 0 Å². The molecule has 0 saturated carbocycles. The number of rotatable bonds is 3. The van der Waals surface area contributed by atoms with E-state index < -0.39 is 6.10 Å². The highest BCUT2D eigenvalue weighted by atomic mass is 79.9. The van der Waals surface area contributed by atoms with Gasteiger partial charge < -0.3 is 5.11 Å². The molecular formula is C12H11BrOS. The van der Waals surface area contributed by atoms with Crippen molar-refractivity contribution in [3.8, 4) is 0 Å². The third-order valence-corrected chi connectivity index (χ3v) is 3.77. The number of hydrogen-bond donors (Lipinski definition) is 1. The van der Waals surface area contributed by atoms with Gasteiger partial charge in [-0.3, -0.25) is 0 Å². The monoisotopic (exact) mass is 282 g/mol. The fourth-order valence-electron chi connectivity index (χ4n) is 1.45. The van der Waals surface area contributed by atoms with E-state index in [2.05, 4.69) is 15.9 Å². The van der Waals surface area contributed by atoms with Gasteiger partial charge in [0.05, 0.1) is 6.10 Å². The molecule has 0 amide bonds. The van der Waals surface area contributed by atoms with E-state index in [1.165, 1.54) is 0 Å². The molecule has 0 aliphatic heterocycles. The molecule has 1 atom stereocenters. The number of aliphatic hydroxyl groups is 1. The zero-order chi connectivity index (χ0) is 10.7. The van der Waals surface area contributed by atoms with Crippen LogP contribution in [0, 0.1) is 0 Å². The van der Waals surface area contributed by atoms with Crippen LogP contribution in [0.25, 0.3) is 0 Å². The Kier molecular flexibility index (Phi) is 3.57. The summed E-state index contributed by atoms with van der Waals surface area (Å²) in [5, 5.41) is 13.9. The molecule has 0 saturated heterocycles. The second-order valence-corrected chi connectivity index (χ2v) is 5.00. The summed E-state index contributed by atoms with van der Waals surface area (Å²) < 4.78 is 1.05. The predicted octanol–water partition coefficient (Wildman–Crippen LogP) is 3.79. The number of benzene rings is 1. The highest BCUT2D eigenvalue weighted by molar-refractivity contribution is 9.10. The molecule has 15 heavy (non-hydrogen) atoms. The topological polar surface area (TPSA) is 20.2 Å². The maximum atomic E-state index is 9.97. The van der Waals surface area contributed by atoms with Crippen LogP contribution in [0.15, 0.2) is 45.6 Å². The van der Waals surface area contributed by atoms with Gasteiger partial charge in [0, 0.05) is 10.9 Å². The van der Waals surface area contributed by atoms with Crippen LogP contribution in [0.3, 0.4) is 0 Å². The van der Waals surface area contributed by atoms with Crippen molar-refractivity contribution < 1.29 is 5.11 Å². The van der Waals surface area contributed by atoms with E-state index in [0.29, 0.717) is 6.42 Å². The molecule has 1 aromatic carbocycles.